The Labute approximate surface area is 114 Å². The van der Waals surface area contributed by atoms with E-state index in [1.54, 1.807) is 19.1 Å². The summed E-state index contributed by atoms with van der Waals surface area (Å²) in [6, 6.07) is 6.28. The number of hydrogen-bond acceptors (Lipinski definition) is 2. The molecular weight excluding hydrogens is 243 g/mol. The quantitative estimate of drug-likeness (QED) is 0.830. The highest BCUT2D eigenvalue weighted by molar-refractivity contribution is 5.85. The number of rotatable bonds is 6. The molecule has 0 spiro atoms. The fourth-order valence-corrected chi connectivity index (χ4v) is 2.05. The van der Waals surface area contributed by atoms with Crippen LogP contribution in [0.3, 0.4) is 0 Å². The maximum Gasteiger partial charge on any atom is 0.240 e. The standard InChI is InChI=1S/C15H23FN2O/c1-4-9-15(3,17)14(19)18-11(2)10-12-5-7-13(16)8-6-12/h5-8,11H,4,9-10,17H2,1-3H3,(H,18,19). The van der Waals surface area contributed by atoms with Crippen molar-refractivity contribution in [2.24, 2.45) is 5.73 Å². The number of halogens is 1. The van der Waals surface area contributed by atoms with Crippen molar-refractivity contribution in [3.8, 4) is 0 Å². The van der Waals surface area contributed by atoms with E-state index in [1.165, 1.54) is 12.1 Å². The monoisotopic (exact) mass is 266 g/mol. The van der Waals surface area contributed by atoms with Crippen LogP contribution >= 0.6 is 0 Å². The van der Waals surface area contributed by atoms with E-state index in [1.807, 2.05) is 13.8 Å². The first-order valence-electron chi connectivity index (χ1n) is 6.69. The molecule has 1 rings (SSSR count). The van der Waals surface area contributed by atoms with E-state index < -0.39 is 5.54 Å². The highest BCUT2D eigenvalue weighted by Gasteiger charge is 2.27. The van der Waals surface area contributed by atoms with Gasteiger partial charge in [-0.25, -0.2) is 4.39 Å². The molecule has 19 heavy (non-hydrogen) atoms. The molecule has 3 nitrogen and oxygen atoms in total. The Morgan fingerprint density at radius 2 is 2.00 bits per heavy atom. The zero-order valence-electron chi connectivity index (χ0n) is 11.9. The Morgan fingerprint density at radius 1 is 1.42 bits per heavy atom. The highest BCUT2D eigenvalue weighted by atomic mass is 19.1. The molecule has 0 aliphatic rings. The van der Waals surface area contributed by atoms with Gasteiger partial charge < -0.3 is 11.1 Å². The number of hydrogen-bond donors (Lipinski definition) is 2. The van der Waals surface area contributed by atoms with Crippen molar-refractivity contribution < 1.29 is 9.18 Å². The van der Waals surface area contributed by atoms with Crippen LogP contribution in [0.1, 0.15) is 39.2 Å². The van der Waals surface area contributed by atoms with E-state index in [4.69, 9.17) is 5.73 Å². The number of nitrogens with two attached hydrogens (primary N) is 1. The van der Waals surface area contributed by atoms with Crippen LogP contribution in [0.5, 0.6) is 0 Å². The van der Waals surface area contributed by atoms with Gasteiger partial charge in [0.2, 0.25) is 5.91 Å². The molecule has 2 atom stereocenters. The van der Waals surface area contributed by atoms with Crippen molar-refractivity contribution in [1.29, 1.82) is 0 Å². The second kappa shape index (κ2) is 6.66. The summed E-state index contributed by atoms with van der Waals surface area (Å²) in [5.41, 5.74) is 6.13. The molecule has 0 fully saturated rings. The molecule has 4 heteroatoms. The molecule has 3 N–H and O–H groups in total. The van der Waals surface area contributed by atoms with Gasteiger partial charge in [-0.05, 0) is 44.4 Å². The largest absolute Gasteiger partial charge is 0.352 e. The van der Waals surface area contributed by atoms with Gasteiger partial charge >= 0.3 is 0 Å². The number of amides is 1. The molecule has 1 amide bonds. The van der Waals surface area contributed by atoms with Crippen LogP contribution in [0.15, 0.2) is 24.3 Å². The van der Waals surface area contributed by atoms with Crippen molar-refractivity contribution in [3.63, 3.8) is 0 Å². The van der Waals surface area contributed by atoms with Crippen LogP contribution < -0.4 is 11.1 Å². The number of carbonyl (C=O) groups is 1. The predicted octanol–water partition coefficient (Wildman–Crippen LogP) is 2.39. The number of carbonyl (C=O) groups excluding carboxylic acids is 1. The minimum Gasteiger partial charge on any atom is -0.352 e. The van der Waals surface area contributed by atoms with Gasteiger partial charge in [0.05, 0.1) is 5.54 Å². The minimum absolute atomic E-state index is 0.0299. The molecule has 0 aromatic heterocycles. The third kappa shape index (κ3) is 4.99. The van der Waals surface area contributed by atoms with E-state index >= 15 is 0 Å². The highest BCUT2D eigenvalue weighted by Crippen LogP contribution is 2.10. The van der Waals surface area contributed by atoms with Crippen molar-refractivity contribution in [3.05, 3.63) is 35.6 Å². The Morgan fingerprint density at radius 3 is 2.53 bits per heavy atom. The summed E-state index contributed by atoms with van der Waals surface area (Å²) in [6.45, 7) is 5.67. The lowest BCUT2D eigenvalue weighted by Crippen LogP contribution is -2.53. The van der Waals surface area contributed by atoms with Crippen molar-refractivity contribution in [1.82, 2.24) is 5.32 Å². The molecule has 0 saturated carbocycles. The average Bonchev–Trinajstić information content (AvgIpc) is 2.32. The fraction of sp³-hybridized carbons (Fsp3) is 0.533. The van der Waals surface area contributed by atoms with E-state index in [0.717, 1.165) is 12.0 Å². The molecular formula is C15H23FN2O. The molecule has 0 radical (unpaired) electrons. The van der Waals surface area contributed by atoms with Crippen LogP contribution in [-0.4, -0.2) is 17.5 Å². The fourth-order valence-electron chi connectivity index (χ4n) is 2.05. The molecule has 1 aromatic rings. The summed E-state index contributed by atoms with van der Waals surface area (Å²) < 4.78 is 12.8. The molecule has 2 unspecified atom stereocenters. The lowest BCUT2D eigenvalue weighted by Gasteiger charge is -2.25. The topological polar surface area (TPSA) is 55.1 Å². The van der Waals surface area contributed by atoms with Gasteiger partial charge in [-0.2, -0.15) is 0 Å². The third-order valence-corrected chi connectivity index (χ3v) is 3.12. The summed E-state index contributed by atoms with van der Waals surface area (Å²) >= 11 is 0. The van der Waals surface area contributed by atoms with Gasteiger partial charge in [0.1, 0.15) is 5.82 Å². The summed E-state index contributed by atoms with van der Waals surface area (Å²) in [5.74, 6) is -0.387. The van der Waals surface area contributed by atoms with Crippen LogP contribution in [-0.2, 0) is 11.2 Å². The second-order valence-electron chi connectivity index (χ2n) is 5.37. The first kappa shape index (κ1) is 15.6. The minimum atomic E-state index is -0.828. The molecule has 0 saturated heterocycles. The summed E-state index contributed by atoms with van der Waals surface area (Å²) in [7, 11) is 0. The molecule has 0 aliphatic carbocycles. The van der Waals surface area contributed by atoms with Gasteiger partial charge in [-0.1, -0.05) is 25.5 Å². The Hall–Kier alpha value is -1.42. The van der Waals surface area contributed by atoms with Gasteiger partial charge in [-0.3, -0.25) is 4.79 Å². The Bertz CT molecular complexity index is 415. The molecule has 1 aromatic carbocycles. The van der Waals surface area contributed by atoms with Crippen molar-refractivity contribution >= 4 is 5.91 Å². The van der Waals surface area contributed by atoms with Crippen LogP contribution in [0.4, 0.5) is 4.39 Å². The molecule has 106 valence electrons. The van der Waals surface area contributed by atoms with E-state index in [-0.39, 0.29) is 17.8 Å². The number of benzene rings is 1. The molecule has 0 aliphatic heterocycles. The third-order valence-electron chi connectivity index (χ3n) is 3.12. The van der Waals surface area contributed by atoms with Crippen molar-refractivity contribution in [2.75, 3.05) is 0 Å². The summed E-state index contributed by atoms with van der Waals surface area (Å²) in [4.78, 5) is 12.0. The van der Waals surface area contributed by atoms with Gasteiger partial charge in [0.15, 0.2) is 0 Å². The number of nitrogens with one attached hydrogen (secondary N) is 1. The lowest BCUT2D eigenvalue weighted by atomic mass is 9.95. The first-order chi connectivity index (χ1) is 8.85. The maximum absolute atomic E-state index is 12.8. The van der Waals surface area contributed by atoms with Crippen molar-refractivity contribution in [2.45, 2.75) is 51.6 Å². The van der Waals surface area contributed by atoms with Gasteiger partial charge in [-0.15, -0.1) is 0 Å². The van der Waals surface area contributed by atoms with E-state index in [9.17, 15) is 9.18 Å². The van der Waals surface area contributed by atoms with Crippen LogP contribution in [0, 0.1) is 5.82 Å². The zero-order valence-corrected chi connectivity index (χ0v) is 11.9. The van der Waals surface area contributed by atoms with Gasteiger partial charge in [0.25, 0.3) is 0 Å². The maximum atomic E-state index is 12.8. The predicted molar refractivity (Wildman–Crippen MR) is 75.2 cm³/mol. The molecule has 0 bridgehead atoms. The van der Waals surface area contributed by atoms with E-state index in [2.05, 4.69) is 5.32 Å². The summed E-state index contributed by atoms with van der Waals surface area (Å²) in [5, 5.41) is 2.91. The Kier molecular flexibility index (Phi) is 5.48. The normalized spacial score (nSPS) is 15.6. The summed E-state index contributed by atoms with van der Waals surface area (Å²) in [6.07, 6.45) is 2.18. The van der Waals surface area contributed by atoms with Crippen LogP contribution in [0.25, 0.3) is 0 Å². The van der Waals surface area contributed by atoms with E-state index in [0.29, 0.717) is 12.8 Å². The second-order valence-corrected chi connectivity index (χ2v) is 5.37. The van der Waals surface area contributed by atoms with Gasteiger partial charge in [0, 0.05) is 6.04 Å². The zero-order chi connectivity index (χ0) is 14.5. The lowest BCUT2D eigenvalue weighted by molar-refractivity contribution is -0.126. The molecule has 0 heterocycles. The average molecular weight is 266 g/mol. The smallest absolute Gasteiger partial charge is 0.240 e. The first-order valence-corrected chi connectivity index (χ1v) is 6.69. The Balaban J connectivity index is 2.53. The SMILES string of the molecule is CCCC(C)(N)C(=O)NC(C)Cc1ccc(F)cc1. The van der Waals surface area contributed by atoms with Crippen LogP contribution in [0.2, 0.25) is 0 Å².